The number of hydrogen-bond acceptors (Lipinski definition) is 6. The van der Waals surface area contributed by atoms with Crippen LogP contribution < -0.4 is 0 Å². The predicted molar refractivity (Wildman–Crippen MR) is 69.1 cm³/mol. The van der Waals surface area contributed by atoms with Gasteiger partial charge in [0.1, 0.15) is 21.7 Å². The number of alkyl halides is 3. The van der Waals surface area contributed by atoms with E-state index >= 15 is 0 Å². The van der Waals surface area contributed by atoms with E-state index in [1.54, 1.807) is 0 Å². The molecule has 124 valence electrons. The Kier molecular flexibility index (Phi) is 5.30. The van der Waals surface area contributed by atoms with Gasteiger partial charge in [-0.3, -0.25) is 4.55 Å². The molecule has 1 unspecified atom stereocenters. The highest BCUT2D eigenvalue weighted by Crippen LogP contribution is 2.34. The second-order valence-electron chi connectivity index (χ2n) is 4.01. The quantitative estimate of drug-likeness (QED) is 0.513. The van der Waals surface area contributed by atoms with Gasteiger partial charge in [-0.25, -0.2) is 4.79 Å². The minimum Gasteiger partial charge on any atom is -0.507 e. The Bertz CT molecular complexity index is 663. The molecule has 0 radical (unpaired) electrons. The molecule has 0 saturated heterocycles. The Balaban J connectivity index is 3.06. The predicted octanol–water partition coefficient (Wildman–Crippen LogP) is 1.84. The van der Waals surface area contributed by atoms with Crippen LogP contribution in [0.2, 0.25) is 0 Å². The summed E-state index contributed by atoms with van der Waals surface area (Å²) in [5, 5.41) is 18.7. The molecule has 0 saturated carbocycles. The lowest BCUT2D eigenvalue weighted by Crippen LogP contribution is -2.39. The van der Waals surface area contributed by atoms with E-state index in [1.165, 1.54) is 0 Å². The van der Waals surface area contributed by atoms with Crippen molar-refractivity contribution in [2.45, 2.75) is 12.3 Å². The second-order valence-corrected chi connectivity index (χ2v) is 6.30. The molecular weight excluding hydrogens is 401 g/mol. The molecule has 0 aliphatic carbocycles. The minimum atomic E-state index is -5.25. The number of phenols is 2. The van der Waals surface area contributed by atoms with Gasteiger partial charge in [-0.2, -0.15) is 21.6 Å². The summed E-state index contributed by atoms with van der Waals surface area (Å²) in [6.07, 6.45) is -8.35. The van der Waals surface area contributed by atoms with E-state index in [4.69, 9.17) is 4.55 Å². The van der Waals surface area contributed by atoms with Crippen molar-refractivity contribution < 1.29 is 45.9 Å². The molecule has 0 amide bonds. The molecule has 1 aromatic carbocycles. The monoisotopic (exact) mass is 408 g/mol. The zero-order valence-corrected chi connectivity index (χ0v) is 12.7. The molecule has 0 spiro atoms. The first-order valence-electron chi connectivity index (χ1n) is 5.25. The summed E-state index contributed by atoms with van der Waals surface area (Å²) in [7, 11) is -5.06. The van der Waals surface area contributed by atoms with Gasteiger partial charge in [0, 0.05) is 0 Å². The molecule has 22 heavy (non-hydrogen) atoms. The molecule has 0 aliphatic rings. The van der Waals surface area contributed by atoms with E-state index in [2.05, 4.69) is 20.7 Å². The Morgan fingerprint density at radius 2 is 1.73 bits per heavy atom. The van der Waals surface area contributed by atoms with Crippen molar-refractivity contribution in [3.63, 3.8) is 0 Å². The number of rotatable bonds is 4. The van der Waals surface area contributed by atoms with E-state index < -0.39 is 51.2 Å². The van der Waals surface area contributed by atoms with E-state index in [0.717, 1.165) is 0 Å². The lowest BCUT2D eigenvalue weighted by atomic mass is 10.2. The van der Waals surface area contributed by atoms with Gasteiger partial charge in [-0.15, -0.1) is 0 Å². The second kappa shape index (κ2) is 6.30. The highest BCUT2D eigenvalue weighted by Gasteiger charge is 2.45. The maximum atomic E-state index is 12.6. The summed E-state index contributed by atoms with van der Waals surface area (Å²) in [6.45, 7) is 0. The molecule has 3 N–H and O–H groups in total. The maximum absolute atomic E-state index is 12.6. The Labute approximate surface area is 130 Å². The van der Waals surface area contributed by atoms with Crippen LogP contribution in [0.3, 0.4) is 0 Å². The Hall–Kier alpha value is -1.53. The summed E-state index contributed by atoms with van der Waals surface area (Å²) in [5.74, 6) is -4.82. The Morgan fingerprint density at radius 1 is 1.27 bits per heavy atom. The summed E-state index contributed by atoms with van der Waals surface area (Å²) < 4.78 is 71.1. The van der Waals surface area contributed by atoms with E-state index in [1.807, 2.05) is 0 Å². The average molecular weight is 409 g/mol. The number of ether oxygens (including phenoxy) is 1. The number of phenolic OH excluding ortho intramolecular Hbond substituents is 2. The van der Waals surface area contributed by atoms with Gasteiger partial charge in [0.05, 0.1) is 5.56 Å². The van der Waals surface area contributed by atoms with Crippen LogP contribution in [0, 0.1) is 0 Å². The van der Waals surface area contributed by atoms with E-state index in [0.29, 0.717) is 12.1 Å². The van der Waals surface area contributed by atoms with Crippen molar-refractivity contribution in [1.29, 1.82) is 0 Å². The fourth-order valence-electron chi connectivity index (χ4n) is 1.30. The van der Waals surface area contributed by atoms with Crippen LogP contribution in [0.15, 0.2) is 16.6 Å². The van der Waals surface area contributed by atoms with E-state index in [-0.39, 0.29) is 4.47 Å². The van der Waals surface area contributed by atoms with Gasteiger partial charge in [0.15, 0.2) is 0 Å². The third kappa shape index (κ3) is 5.03. The topological polar surface area (TPSA) is 121 Å². The first-order chi connectivity index (χ1) is 9.81. The molecule has 0 aromatic heterocycles. The molecular formula is C10H8BrF3O7S. The molecule has 1 aromatic rings. The molecule has 1 rings (SSSR count). The fraction of sp³-hybridized carbons (Fsp3) is 0.300. The van der Waals surface area contributed by atoms with Crippen molar-refractivity contribution in [3.8, 4) is 11.5 Å². The van der Waals surface area contributed by atoms with Gasteiger partial charge in [0.25, 0.3) is 10.1 Å². The summed E-state index contributed by atoms with van der Waals surface area (Å²) >= 11 is 2.74. The minimum absolute atomic E-state index is 0.200. The zero-order valence-electron chi connectivity index (χ0n) is 10.3. The van der Waals surface area contributed by atoms with Crippen LogP contribution in [-0.2, 0) is 14.9 Å². The average Bonchev–Trinajstić information content (AvgIpc) is 2.31. The van der Waals surface area contributed by atoms with Crippen LogP contribution in [0.5, 0.6) is 11.5 Å². The Morgan fingerprint density at radius 3 is 2.09 bits per heavy atom. The summed E-state index contributed by atoms with van der Waals surface area (Å²) in [6, 6.07) is 1.40. The molecule has 7 nitrogen and oxygen atoms in total. The highest BCUT2D eigenvalue weighted by molar-refractivity contribution is 9.10. The van der Waals surface area contributed by atoms with Crippen LogP contribution in [0.25, 0.3) is 0 Å². The summed E-state index contributed by atoms with van der Waals surface area (Å²) in [4.78, 5) is 11.6. The van der Waals surface area contributed by atoms with Crippen LogP contribution in [0.4, 0.5) is 13.2 Å². The maximum Gasteiger partial charge on any atom is 0.426 e. The van der Waals surface area contributed by atoms with Gasteiger partial charge in [-0.1, -0.05) is 0 Å². The molecule has 0 heterocycles. The van der Waals surface area contributed by atoms with Gasteiger partial charge in [0.2, 0.25) is 6.10 Å². The third-order valence-corrected chi connectivity index (χ3v) is 3.78. The number of hydrogen-bond donors (Lipinski definition) is 3. The molecule has 1 atom stereocenters. The molecule has 0 aliphatic heterocycles. The number of aromatic hydroxyl groups is 2. The highest BCUT2D eigenvalue weighted by atomic mass is 79.9. The lowest BCUT2D eigenvalue weighted by molar-refractivity contribution is -0.197. The zero-order chi connectivity index (χ0) is 17.3. The molecule has 0 fully saturated rings. The van der Waals surface area contributed by atoms with Crippen molar-refractivity contribution in [1.82, 2.24) is 0 Å². The number of carbonyl (C=O) groups excluding carboxylic acids is 1. The van der Waals surface area contributed by atoms with Crippen LogP contribution in [0.1, 0.15) is 10.4 Å². The van der Waals surface area contributed by atoms with Gasteiger partial charge < -0.3 is 14.9 Å². The number of benzene rings is 1. The molecule has 0 bridgehead atoms. The third-order valence-electron chi connectivity index (χ3n) is 2.25. The molecule has 12 heteroatoms. The smallest absolute Gasteiger partial charge is 0.426 e. The summed E-state index contributed by atoms with van der Waals surface area (Å²) in [5.41, 5.74) is -0.650. The fourth-order valence-corrected chi connectivity index (χ4v) is 2.16. The SMILES string of the molecule is O=C(OC(CS(=O)(=O)O)C(F)(F)F)c1cc(O)c(Br)c(O)c1. The number of carbonyl (C=O) groups is 1. The van der Waals surface area contributed by atoms with Crippen molar-refractivity contribution in [2.75, 3.05) is 5.75 Å². The largest absolute Gasteiger partial charge is 0.507 e. The number of esters is 1. The van der Waals surface area contributed by atoms with Gasteiger partial charge >= 0.3 is 12.1 Å². The van der Waals surface area contributed by atoms with Crippen LogP contribution in [-0.4, -0.2) is 47.2 Å². The number of halogens is 4. The first-order valence-corrected chi connectivity index (χ1v) is 7.66. The normalized spacial score (nSPS) is 13.7. The standard InChI is InChI=1S/C10H8BrF3O7S/c11-8-5(15)1-4(2-6(8)16)9(17)21-7(10(12,13)14)3-22(18,19)20/h1-2,7,15-16H,3H2,(H,18,19,20). The van der Waals surface area contributed by atoms with E-state index in [9.17, 15) is 36.6 Å². The lowest BCUT2D eigenvalue weighted by Gasteiger charge is -2.19. The van der Waals surface area contributed by atoms with Crippen LogP contribution >= 0.6 is 15.9 Å². The first kappa shape index (κ1) is 18.5. The van der Waals surface area contributed by atoms with Crippen molar-refractivity contribution in [3.05, 3.63) is 22.2 Å². The van der Waals surface area contributed by atoms with Crippen molar-refractivity contribution >= 4 is 32.0 Å². The van der Waals surface area contributed by atoms with Gasteiger partial charge in [-0.05, 0) is 28.1 Å². The van der Waals surface area contributed by atoms with Crippen molar-refractivity contribution in [2.24, 2.45) is 0 Å².